The summed E-state index contributed by atoms with van der Waals surface area (Å²) in [5.41, 5.74) is 1.57. The highest BCUT2D eigenvalue weighted by molar-refractivity contribution is 5.08. The lowest BCUT2D eigenvalue weighted by atomic mass is 9.87. The van der Waals surface area contributed by atoms with Crippen molar-refractivity contribution in [2.45, 2.75) is 45.1 Å². The number of rotatable bonds is 3. The number of hydrogen-bond acceptors (Lipinski definition) is 2. The molecule has 2 heteroatoms. The van der Waals surface area contributed by atoms with Gasteiger partial charge in [0.1, 0.15) is 0 Å². The van der Waals surface area contributed by atoms with Crippen LogP contribution in [0.15, 0.2) is 11.6 Å². The van der Waals surface area contributed by atoms with E-state index < -0.39 is 0 Å². The van der Waals surface area contributed by atoms with Gasteiger partial charge in [-0.15, -0.1) is 0 Å². The average Bonchev–Trinajstić information content (AvgIpc) is 2.92. The number of allylic oxidation sites excluding steroid dienone is 1. The molecule has 0 aromatic rings. The van der Waals surface area contributed by atoms with Gasteiger partial charge in [0, 0.05) is 12.6 Å². The van der Waals surface area contributed by atoms with Crippen molar-refractivity contribution in [3.63, 3.8) is 0 Å². The normalized spacial score (nSPS) is 42.1. The minimum absolute atomic E-state index is 0.554. The number of ether oxygens (including phenoxy) is 1. The molecule has 2 saturated carbocycles. The number of nitrogens with one attached hydrogen (secondary N) is 1. The third-order valence-electron chi connectivity index (χ3n) is 4.86. The van der Waals surface area contributed by atoms with Crippen molar-refractivity contribution in [3.8, 4) is 0 Å². The third-order valence-corrected chi connectivity index (χ3v) is 4.86. The summed E-state index contributed by atoms with van der Waals surface area (Å²) >= 11 is 0. The van der Waals surface area contributed by atoms with Crippen LogP contribution in [0.1, 0.15) is 39.0 Å². The van der Waals surface area contributed by atoms with Gasteiger partial charge in [0.15, 0.2) is 0 Å². The van der Waals surface area contributed by atoms with Crippen molar-refractivity contribution < 1.29 is 4.74 Å². The van der Waals surface area contributed by atoms with E-state index in [-0.39, 0.29) is 0 Å². The van der Waals surface area contributed by atoms with Crippen molar-refractivity contribution in [2.24, 2.45) is 17.8 Å². The third kappa shape index (κ3) is 2.74. The molecule has 1 N–H and O–H groups in total. The average molecular weight is 235 g/mol. The van der Waals surface area contributed by atoms with Crippen LogP contribution < -0.4 is 5.32 Å². The zero-order valence-electron chi connectivity index (χ0n) is 11.0. The van der Waals surface area contributed by atoms with E-state index in [1.165, 1.54) is 32.1 Å². The van der Waals surface area contributed by atoms with Crippen LogP contribution in [-0.4, -0.2) is 25.8 Å². The van der Waals surface area contributed by atoms with Crippen molar-refractivity contribution in [1.29, 1.82) is 0 Å². The first-order chi connectivity index (χ1) is 8.31. The lowest BCUT2D eigenvalue weighted by Crippen LogP contribution is -2.41. The summed E-state index contributed by atoms with van der Waals surface area (Å²) in [6.45, 7) is 5.10. The van der Waals surface area contributed by atoms with Crippen LogP contribution in [0, 0.1) is 17.8 Å². The van der Waals surface area contributed by atoms with Gasteiger partial charge in [-0.2, -0.15) is 0 Å². The molecule has 2 bridgehead atoms. The summed E-state index contributed by atoms with van der Waals surface area (Å²) in [6, 6.07) is 0.554. The van der Waals surface area contributed by atoms with Gasteiger partial charge in [-0.3, -0.25) is 0 Å². The molecule has 2 aliphatic carbocycles. The Morgan fingerprint density at radius 1 is 1.35 bits per heavy atom. The molecular weight excluding hydrogens is 210 g/mol. The van der Waals surface area contributed by atoms with Gasteiger partial charge in [-0.1, -0.05) is 18.1 Å². The van der Waals surface area contributed by atoms with Gasteiger partial charge >= 0.3 is 0 Å². The molecule has 0 aromatic heterocycles. The van der Waals surface area contributed by atoms with Gasteiger partial charge < -0.3 is 10.1 Å². The van der Waals surface area contributed by atoms with Gasteiger partial charge in [0.25, 0.3) is 0 Å². The minimum atomic E-state index is 0.554. The smallest absolute Gasteiger partial charge is 0.0623 e. The molecule has 3 fully saturated rings. The van der Waals surface area contributed by atoms with E-state index in [1.54, 1.807) is 5.57 Å². The van der Waals surface area contributed by atoms with Gasteiger partial charge in [0.05, 0.1) is 13.2 Å². The maximum Gasteiger partial charge on any atom is 0.0623 e. The number of fused-ring (bicyclic) bond motifs is 2. The second-order valence-electron chi connectivity index (χ2n) is 6.28. The van der Waals surface area contributed by atoms with E-state index in [2.05, 4.69) is 18.3 Å². The van der Waals surface area contributed by atoms with Crippen LogP contribution in [-0.2, 0) is 4.74 Å². The first-order valence-corrected chi connectivity index (χ1v) is 7.29. The zero-order chi connectivity index (χ0) is 11.7. The first kappa shape index (κ1) is 11.7. The molecule has 1 heterocycles. The standard InChI is InChI=1S/C15H25NO/c1-11(7-15-10-17-5-4-16-15)6-14-9-12-2-3-13(14)8-12/h6,12-16H,2-5,7-10H2,1H3. The topological polar surface area (TPSA) is 21.3 Å². The van der Waals surface area contributed by atoms with E-state index in [4.69, 9.17) is 4.74 Å². The molecule has 4 atom stereocenters. The molecule has 17 heavy (non-hydrogen) atoms. The van der Waals surface area contributed by atoms with Gasteiger partial charge in [-0.05, 0) is 50.4 Å². The van der Waals surface area contributed by atoms with E-state index in [1.807, 2.05) is 0 Å². The zero-order valence-corrected chi connectivity index (χ0v) is 11.0. The molecule has 0 aromatic carbocycles. The van der Waals surface area contributed by atoms with Crippen molar-refractivity contribution >= 4 is 0 Å². The molecular formula is C15H25NO. The fourth-order valence-electron chi connectivity index (χ4n) is 4.07. The summed E-state index contributed by atoms with van der Waals surface area (Å²) in [4.78, 5) is 0. The molecule has 1 saturated heterocycles. The van der Waals surface area contributed by atoms with E-state index in [9.17, 15) is 0 Å². The molecule has 2 nitrogen and oxygen atoms in total. The summed E-state index contributed by atoms with van der Waals surface area (Å²) in [5, 5.41) is 3.54. The lowest BCUT2D eigenvalue weighted by Gasteiger charge is -2.25. The Bertz CT molecular complexity index is 293. The largest absolute Gasteiger partial charge is 0.379 e. The van der Waals surface area contributed by atoms with Crippen LogP contribution >= 0.6 is 0 Å². The molecule has 3 rings (SSSR count). The van der Waals surface area contributed by atoms with Crippen molar-refractivity contribution in [2.75, 3.05) is 19.8 Å². The van der Waals surface area contributed by atoms with Gasteiger partial charge in [0.2, 0.25) is 0 Å². The Morgan fingerprint density at radius 2 is 2.29 bits per heavy atom. The van der Waals surface area contributed by atoms with E-state index >= 15 is 0 Å². The number of hydrogen-bond donors (Lipinski definition) is 1. The summed E-state index contributed by atoms with van der Waals surface area (Å²) < 4.78 is 5.51. The van der Waals surface area contributed by atoms with Gasteiger partial charge in [-0.25, -0.2) is 0 Å². The molecule has 0 radical (unpaired) electrons. The van der Waals surface area contributed by atoms with Crippen LogP contribution in [0.25, 0.3) is 0 Å². The molecule has 3 aliphatic rings. The first-order valence-electron chi connectivity index (χ1n) is 7.29. The predicted octanol–water partition coefficient (Wildman–Crippen LogP) is 2.75. The Balaban J connectivity index is 1.52. The Kier molecular flexibility index (Phi) is 3.53. The highest BCUT2D eigenvalue weighted by Gasteiger charge is 2.38. The molecule has 0 spiro atoms. The highest BCUT2D eigenvalue weighted by Crippen LogP contribution is 2.49. The SMILES string of the molecule is CC(=CC1CC2CCC1C2)CC1COCCN1. The second kappa shape index (κ2) is 5.11. The Morgan fingerprint density at radius 3 is 2.94 bits per heavy atom. The monoisotopic (exact) mass is 235 g/mol. The highest BCUT2D eigenvalue weighted by atomic mass is 16.5. The van der Waals surface area contributed by atoms with Crippen LogP contribution in [0.3, 0.4) is 0 Å². The summed E-state index contributed by atoms with van der Waals surface area (Å²) in [5.74, 6) is 2.98. The lowest BCUT2D eigenvalue weighted by molar-refractivity contribution is 0.0769. The van der Waals surface area contributed by atoms with E-state index in [0.29, 0.717) is 6.04 Å². The molecule has 96 valence electrons. The second-order valence-corrected chi connectivity index (χ2v) is 6.28. The molecule has 0 amide bonds. The predicted molar refractivity (Wildman–Crippen MR) is 69.9 cm³/mol. The van der Waals surface area contributed by atoms with Crippen molar-refractivity contribution in [3.05, 3.63) is 11.6 Å². The Labute approximate surface area is 105 Å². The summed E-state index contributed by atoms with van der Waals surface area (Å²) in [6.07, 6.45) is 9.74. The van der Waals surface area contributed by atoms with Crippen molar-refractivity contribution in [1.82, 2.24) is 5.32 Å². The fraction of sp³-hybridized carbons (Fsp3) is 0.867. The Hall–Kier alpha value is -0.340. The quantitative estimate of drug-likeness (QED) is 0.760. The van der Waals surface area contributed by atoms with Crippen LogP contribution in [0.2, 0.25) is 0 Å². The maximum atomic E-state index is 5.51. The molecule has 4 unspecified atom stereocenters. The fourth-order valence-corrected chi connectivity index (χ4v) is 4.07. The molecule has 1 aliphatic heterocycles. The van der Waals surface area contributed by atoms with Crippen LogP contribution in [0.5, 0.6) is 0 Å². The minimum Gasteiger partial charge on any atom is -0.379 e. The van der Waals surface area contributed by atoms with Crippen LogP contribution in [0.4, 0.5) is 0 Å². The maximum absolute atomic E-state index is 5.51. The van der Waals surface area contributed by atoms with E-state index in [0.717, 1.165) is 37.5 Å². The summed E-state index contributed by atoms with van der Waals surface area (Å²) in [7, 11) is 0. The number of morpholine rings is 1.